The maximum Gasteiger partial charge on any atom is 0.264 e. The number of rotatable bonds is 14. The molecule has 4 aromatic carbocycles. The summed E-state index contributed by atoms with van der Waals surface area (Å²) in [7, 11) is -4.24. The monoisotopic (exact) mass is 681 g/mol. The Kier molecular flexibility index (Phi) is 12.1. The third kappa shape index (κ3) is 9.29. The highest BCUT2D eigenvalue weighted by Gasteiger charge is 2.36. The lowest BCUT2D eigenvalue weighted by Gasteiger charge is -2.35. The van der Waals surface area contributed by atoms with Gasteiger partial charge in [-0.3, -0.25) is 13.9 Å². The molecule has 9 heteroatoms. The van der Waals surface area contributed by atoms with Gasteiger partial charge in [0, 0.05) is 19.0 Å². The van der Waals surface area contributed by atoms with E-state index in [1.807, 2.05) is 75.4 Å². The SMILES string of the molecule is CCOc1ccccc1N(CC(=O)N(Cc1ccc(C)cc1)[C@@H](Cc1ccccc1)C(=O)NC1CCCCC1)S(=O)(=O)c1ccc(C)cc1. The van der Waals surface area contributed by atoms with Gasteiger partial charge in [0.2, 0.25) is 11.8 Å². The van der Waals surface area contributed by atoms with Crippen molar-refractivity contribution in [1.29, 1.82) is 0 Å². The summed E-state index contributed by atoms with van der Waals surface area (Å²) in [5.74, 6) is -0.393. The first kappa shape index (κ1) is 35.7. The van der Waals surface area contributed by atoms with Crippen molar-refractivity contribution in [2.45, 2.75) is 82.8 Å². The molecular formula is C40H47N3O5S. The van der Waals surface area contributed by atoms with Crippen LogP contribution in [-0.2, 0) is 32.6 Å². The maximum atomic E-state index is 14.8. The normalized spacial score (nSPS) is 14.1. The van der Waals surface area contributed by atoms with Crippen LogP contribution in [0.15, 0.2) is 108 Å². The summed E-state index contributed by atoms with van der Waals surface area (Å²) >= 11 is 0. The smallest absolute Gasteiger partial charge is 0.264 e. The van der Waals surface area contributed by atoms with Crippen molar-refractivity contribution in [2.75, 3.05) is 17.5 Å². The fourth-order valence-corrected chi connectivity index (χ4v) is 7.70. The van der Waals surface area contributed by atoms with Crippen molar-refractivity contribution in [2.24, 2.45) is 0 Å². The topological polar surface area (TPSA) is 96.0 Å². The predicted molar refractivity (Wildman–Crippen MR) is 194 cm³/mol. The number of para-hydroxylation sites is 2. The van der Waals surface area contributed by atoms with Crippen molar-refractivity contribution in [1.82, 2.24) is 10.2 Å². The summed E-state index contributed by atoms with van der Waals surface area (Å²) in [5.41, 5.74) is 3.97. The number of ether oxygens (including phenoxy) is 1. The molecule has 0 radical (unpaired) electrons. The van der Waals surface area contributed by atoms with Gasteiger partial charge >= 0.3 is 0 Å². The lowest BCUT2D eigenvalue weighted by molar-refractivity contribution is -0.140. The van der Waals surface area contributed by atoms with E-state index in [9.17, 15) is 18.0 Å². The summed E-state index contributed by atoms with van der Waals surface area (Å²) in [4.78, 5) is 30.7. The second-order valence-corrected chi connectivity index (χ2v) is 14.6. The Bertz CT molecular complexity index is 1790. The highest BCUT2D eigenvalue weighted by atomic mass is 32.2. The van der Waals surface area contributed by atoms with Crippen molar-refractivity contribution in [3.63, 3.8) is 0 Å². The first-order valence-electron chi connectivity index (χ1n) is 17.2. The number of carbonyl (C=O) groups is 2. The van der Waals surface area contributed by atoms with Crippen LogP contribution in [0, 0.1) is 13.8 Å². The van der Waals surface area contributed by atoms with Gasteiger partial charge in [-0.25, -0.2) is 8.42 Å². The van der Waals surface area contributed by atoms with Gasteiger partial charge < -0.3 is 15.0 Å². The number of anilines is 1. The summed E-state index contributed by atoms with van der Waals surface area (Å²) in [6, 6.07) is 30.0. The predicted octanol–water partition coefficient (Wildman–Crippen LogP) is 6.99. The van der Waals surface area contributed by atoms with Crippen LogP contribution < -0.4 is 14.4 Å². The van der Waals surface area contributed by atoms with E-state index < -0.39 is 28.5 Å². The number of amides is 2. The number of aryl methyl sites for hydroxylation is 2. The molecule has 0 heterocycles. The van der Waals surface area contributed by atoms with Crippen LogP contribution in [0.5, 0.6) is 5.75 Å². The summed E-state index contributed by atoms with van der Waals surface area (Å²) in [5, 5.41) is 3.26. The van der Waals surface area contributed by atoms with E-state index in [1.165, 1.54) is 0 Å². The zero-order valence-corrected chi connectivity index (χ0v) is 29.5. The Balaban J connectivity index is 1.59. The molecule has 0 spiro atoms. The van der Waals surface area contributed by atoms with E-state index in [1.54, 1.807) is 53.4 Å². The first-order chi connectivity index (χ1) is 23.7. The Morgan fingerprint density at radius 1 is 0.796 bits per heavy atom. The molecular weight excluding hydrogens is 635 g/mol. The van der Waals surface area contributed by atoms with Crippen LogP contribution in [0.25, 0.3) is 0 Å². The largest absolute Gasteiger partial charge is 0.492 e. The van der Waals surface area contributed by atoms with Crippen LogP contribution >= 0.6 is 0 Å². The number of sulfonamides is 1. The molecule has 1 fully saturated rings. The molecule has 258 valence electrons. The molecule has 0 aromatic heterocycles. The van der Waals surface area contributed by atoms with Crippen molar-refractivity contribution < 1.29 is 22.7 Å². The van der Waals surface area contributed by atoms with E-state index in [2.05, 4.69) is 5.32 Å². The van der Waals surface area contributed by atoms with Gasteiger partial charge in [0.05, 0.1) is 17.2 Å². The Hall–Kier alpha value is -4.63. The van der Waals surface area contributed by atoms with Gasteiger partial charge in [-0.1, -0.05) is 109 Å². The number of hydrogen-bond acceptors (Lipinski definition) is 5. The lowest BCUT2D eigenvalue weighted by atomic mass is 9.94. The second-order valence-electron chi connectivity index (χ2n) is 12.8. The second kappa shape index (κ2) is 16.7. The first-order valence-corrected chi connectivity index (χ1v) is 18.6. The van der Waals surface area contributed by atoms with Gasteiger partial charge in [0.15, 0.2) is 0 Å². The Labute approximate surface area is 291 Å². The standard InChI is InChI=1S/C40H47N3O5S/c1-4-48-38-18-12-11-17-36(38)43(49(46,47)35-25-21-31(3)22-26-35)29-39(44)42(28-33-23-19-30(2)20-24-33)37(27-32-13-7-5-8-14-32)40(45)41-34-15-9-6-10-16-34/h5,7-8,11-14,17-26,34,37H,4,6,9-10,15-16,27-29H2,1-3H3,(H,41,45)/t37-/m0/s1. The lowest BCUT2D eigenvalue weighted by Crippen LogP contribution is -2.55. The zero-order chi connectivity index (χ0) is 34.8. The molecule has 0 saturated heterocycles. The van der Waals surface area contributed by atoms with E-state index in [0.717, 1.165) is 58.7 Å². The molecule has 1 N–H and O–H groups in total. The highest BCUT2D eigenvalue weighted by molar-refractivity contribution is 7.92. The van der Waals surface area contributed by atoms with Crippen LogP contribution in [0.2, 0.25) is 0 Å². The fraction of sp³-hybridized carbons (Fsp3) is 0.350. The fourth-order valence-electron chi connectivity index (χ4n) is 6.28. The average Bonchev–Trinajstić information content (AvgIpc) is 3.11. The van der Waals surface area contributed by atoms with E-state index in [0.29, 0.717) is 12.4 Å². The van der Waals surface area contributed by atoms with Gasteiger partial charge in [-0.2, -0.15) is 0 Å². The maximum absolute atomic E-state index is 14.8. The van der Waals surface area contributed by atoms with Crippen LogP contribution in [0.4, 0.5) is 5.69 Å². The molecule has 49 heavy (non-hydrogen) atoms. The van der Waals surface area contributed by atoms with Crippen molar-refractivity contribution in [3.8, 4) is 5.75 Å². The Morgan fingerprint density at radius 2 is 1.41 bits per heavy atom. The molecule has 2 amide bonds. The summed E-state index contributed by atoms with van der Waals surface area (Å²) in [6.45, 7) is 5.60. The molecule has 0 unspecified atom stereocenters. The molecule has 8 nitrogen and oxygen atoms in total. The molecule has 5 rings (SSSR count). The molecule has 0 aliphatic heterocycles. The van der Waals surface area contributed by atoms with Gasteiger partial charge in [-0.15, -0.1) is 0 Å². The average molecular weight is 682 g/mol. The third-order valence-electron chi connectivity index (χ3n) is 9.02. The minimum absolute atomic E-state index is 0.0346. The minimum atomic E-state index is -4.24. The quantitative estimate of drug-likeness (QED) is 0.155. The zero-order valence-electron chi connectivity index (χ0n) is 28.7. The third-order valence-corrected chi connectivity index (χ3v) is 10.8. The van der Waals surface area contributed by atoms with Crippen LogP contribution in [-0.4, -0.2) is 50.4 Å². The molecule has 1 aliphatic carbocycles. The number of nitrogens with one attached hydrogen (secondary N) is 1. The van der Waals surface area contributed by atoms with Gasteiger partial charge in [0.1, 0.15) is 18.3 Å². The number of hydrogen-bond donors (Lipinski definition) is 1. The Morgan fingerprint density at radius 3 is 2.06 bits per heavy atom. The molecule has 4 aromatic rings. The number of carbonyl (C=O) groups excluding carboxylic acids is 2. The van der Waals surface area contributed by atoms with E-state index in [-0.39, 0.29) is 35.5 Å². The van der Waals surface area contributed by atoms with E-state index in [4.69, 9.17) is 4.74 Å². The van der Waals surface area contributed by atoms with Crippen molar-refractivity contribution in [3.05, 3.63) is 125 Å². The number of nitrogens with zero attached hydrogens (tertiary/aromatic N) is 2. The molecule has 1 aliphatic rings. The van der Waals surface area contributed by atoms with Gasteiger partial charge in [0.25, 0.3) is 10.0 Å². The van der Waals surface area contributed by atoms with Crippen LogP contribution in [0.3, 0.4) is 0 Å². The van der Waals surface area contributed by atoms with Crippen LogP contribution in [0.1, 0.15) is 61.3 Å². The van der Waals surface area contributed by atoms with Gasteiger partial charge in [-0.05, 0) is 69.0 Å². The summed E-state index contributed by atoms with van der Waals surface area (Å²) in [6.07, 6.45) is 5.30. The van der Waals surface area contributed by atoms with E-state index >= 15 is 0 Å². The minimum Gasteiger partial charge on any atom is -0.492 e. The number of benzene rings is 4. The highest BCUT2D eigenvalue weighted by Crippen LogP contribution is 2.33. The van der Waals surface area contributed by atoms with Crippen molar-refractivity contribution >= 4 is 27.5 Å². The molecule has 0 bridgehead atoms. The molecule has 1 atom stereocenters. The summed E-state index contributed by atoms with van der Waals surface area (Å²) < 4.78 is 35.9. The molecule has 1 saturated carbocycles.